The van der Waals surface area contributed by atoms with Crippen LogP contribution in [0.15, 0.2) is 48.5 Å². The third-order valence-electron chi connectivity index (χ3n) is 7.32. The lowest BCUT2D eigenvalue weighted by molar-refractivity contribution is -0.148. The minimum absolute atomic E-state index is 0.0361. The molecular formula is C27H28N2O3. The average Bonchev–Trinajstić information content (AvgIpc) is 3.24. The smallest absolute Gasteiger partial charge is 0.257 e. The number of aryl methyl sites for hydroxylation is 1. The predicted molar refractivity (Wildman–Crippen MR) is 122 cm³/mol. The first-order valence-corrected chi connectivity index (χ1v) is 11.3. The summed E-state index contributed by atoms with van der Waals surface area (Å²) in [7, 11) is 0. The Bertz CT molecular complexity index is 1130. The summed E-state index contributed by atoms with van der Waals surface area (Å²) in [5, 5.41) is 0. The van der Waals surface area contributed by atoms with E-state index >= 15 is 0 Å². The quantitative estimate of drug-likeness (QED) is 0.678. The molecule has 0 saturated carbocycles. The van der Waals surface area contributed by atoms with Gasteiger partial charge < -0.3 is 14.5 Å². The Balaban J connectivity index is 1.35. The number of piperidine rings is 1. The number of likely N-dealkylation sites (tertiary alicyclic amines) is 1. The van der Waals surface area contributed by atoms with Crippen LogP contribution in [0.1, 0.15) is 65.7 Å². The number of rotatable bonds is 2. The maximum Gasteiger partial charge on any atom is 0.257 e. The van der Waals surface area contributed by atoms with E-state index in [2.05, 4.69) is 37.1 Å². The molecule has 3 aliphatic rings. The second-order valence-corrected chi connectivity index (χ2v) is 9.40. The summed E-state index contributed by atoms with van der Waals surface area (Å²) in [5.74, 6) is 2.58. The van der Waals surface area contributed by atoms with E-state index in [1.807, 2.05) is 24.0 Å². The number of fused-ring (bicyclic) bond motifs is 1. The number of carbonyl (C=O) groups excluding carboxylic acids is 2. The van der Waals surface area contributed by atoms with Gasteiger partial charge >= 0.3 is 0 Å². The van der Waals surface area contributed by atoms with E-state index in [9.17, 15) is 9.59 Å². The van der Waals surface area contributed by atoms with E-state index in [0.29, 0.717) is 37.1 Å². The molecule has 3 saturated heterocycles. The first-order chi connectivity index (χ1) is 15.4. The molecule has 0 aromatic heterocycles. The Hall–Kier alpha value is -3.10. The lowest BCUT2D eigenvalue weighted by Crippen LogP contribution is -2.51. The number of benzene rings is 2. The second kappa shape index (κ2) is 7.50. The van der Waals surface area contributed by atoms with Gasteiger partial charge in [0.1, 0.15) is 5.72 Å². The van der Waals surface area contributed by atoms with Crippen LogP contribution in [0.5, 0.6) is 0 Å². The van der Waals surface area contributed by atoms with Crippen LogP contribution >= 0.6 is 0 Å². The van der Waals surface area contributed by atoms with Gasteiger partial charge in [-0.1, -0.05) is 47.9 Å². The fraction of sp³-hybridized carbons (Fsp3) is 0.407. The fourth-order valence-electron chi connectivity index (χ4n) is 5.67. The van der Waals surface area contributed by atoms with Crippen LogP contribution in [0, 0.1) is 19.3 Å². The Kier molecular flexibility index (Phi) is 4.87. The van der Waals surface area contributed by atoms with Crippen LogP contribution in [0.3, 0.4) is 0 Å². The van der Waals surface area contributed by atoms with Crippen molar-refractivity contribution in [1.29, 1.82) is 0 Å². The van der Waals surface area contributed by atoms with Crippen molar-refractivity contribution in [3.63, 3.8) is 0 Å². The number of hydrogen-bond donors (Lipinski definition) is 0. The number of hydrogen-bond acceptors (Lipinski definition) is 3. The Labute approximate surface area is 189 Å². The molecule has 5 nitrogen and oxygen atoms in total. The van der Waals surface area contributed by atoms with Gasteiger partial charge in [0.15, 0.2) is 5.60 Å². The summed E-state index contributed by atoms with van der Waals surface area (Å²) in [6.45, 7) is 5.06. The van der Waals surface area contributed by atoms with Crippen LogP contribution in [0.4, 0.5) is 0 Å². The van der Waals surface area contributed by atoms with Crippen LogP contribution in [0.25, 0.3) is 0 Å². The zero-order chi connectivity index (χ0) is 22.5. The first kappa shape index (κ1) is 20.8. The predicted octanol–water partition coefficient (Wildman–Crippen LogP) is 4.06. The van der Waals surface area contributed by atoms with Crippen LogP contribution in [-0.2, 0) is 9.53 Å². The van der Waals surface area contributed by atoms with Crippen molar-refractivity contribution >= 4 is 11.8 Å². The van der Waals surface area contributed by atoms with Gasteiger partial charge in [-0.3, -0.25) is 9.59 Å². The van der Waals surface area contributed by atoms with Gasteiger partial charge in [-0.05, 0) is 44.4 Å². The SMILES string of the molecule is C#Cc1ccccc1C(=O)N1CCC2(CC1)OC1(C)CCC(c3cccc(C)c3)N1C2=O. The maximum absolute atomic E-state index is 13.8. The van der Waals surface area contributed by atoms with Crippen LogP contribution in [0.2, 0.25) is 0 Å². The molecular weight excluding hydrogens is 400 g/mol. The molecule has 3 aliphatic heterocycles. The highest BCUT2D eigenvalue weighted by atomic mass is 16.6. The van der Waals surface area contributed by atoms with Gasteiger partial charge in [-0.15, -0.1) is 6.42 Å². The van der Waals surface area contributed by atoms with E-state index in [1.54, 1.807) is 17.0 Å². The molecule has 0 aliphatic carbocycles. The van der Waals surface area contributed by atoms with E-state index in [0.717, 1.165) is 12.8 Å². The maximum atomic E-state index is 13.8. The van der Waals surface area contributed by atoms with Crippen LogP contribution in [-0.4, -0.2) is 46.0 Å². The number of ether oxygens (including phenoxy) is 1. The molecule has 5 heteroatoms. The van der Waals surface area contributed by atoms with Gasteiger partial charge in [0.05, 0.1) is 11.6 Å². The Morgan fingerprint density at radius 2 is 1.88 bits per heavy atom. The lowest BCUT2D eigenvalue weighted by Gasteiger charge is -2.38. The molecule has 3 fully saturated rings. The lowest BCUT2D eigenvalue weighted by atomic mass is 9.89. The highest BCUT2D eigenvalue weighted by molar-refractivity contribution is 5.97. The Morgan fingerprint density at radius 3 is 2.59 bits per heavy atom. The molecule has 2 aromatic carbocycles. The zero-order valence-corrected chi connectivity index (χ0v) is 18.6. The molecule has 164 valence electrons. The monoisotopic (exact) mass is 428 g/mol. The van der Waals surface area contributed by atoms with Crippen molar-refractivity contribution in [2.45, 2.75) is 56.9 Å². The summed E-state index contributed by atoms with van der Waals surface area (Å²) in [4.78, 5) is 30.6. The van der Waals surface area contributed by atoms with Gasteiger partial charge in [-0.25, -0.2) is 0 Å². The summed E-state index contributed by atoms with van der Waals surface area (Å²) in [5.41, 5.74) is 2.06. The van der Waals surface area contributed by atoms with Crippen molar-refractivity contribution < 1.29 is 14.3 Å². The summed E-state index contributed by atoms with van der Waals surface area (Å²) >= 11 is 0. The van der Waals surface area contributed by atoms with E-state index in [1.165, 1.54) is 11.1 Å². The molecule has 32 heavy (non-hydrogen) atoms. The van der Waals surface area contributed by atoms with E-state index in [4.69, 9.17) is 11.2 Å². The van der Waals surface area contributed by atoms with Gasteiger partial charge in [-0.2, -0.15) is 0 Å². The Morgan fingerprint density at radius 1 is 1.12 bits per heavy atom. The molecule has 1 spiro atoms. The third-order valence-corrected chi connectivity index (χ3v) is 7.32. The zero-order valence-electron chi connectivity index (χ0n) is 18.6. The molecule has 2 unspecified atom stereocenters. The molecule has 0 radical (unpaired) electrons. The summed E-state index contributed by atoms with van der Waals surface area (Å²) < 4.78 is 6.58. The molecule has 0 bridgehead atoms. The first-order valence-electron chi connectivity index (χ1n) is 11.3. The minimum Gasteiger partial charge on any atom is -0.339 e. The van der Waals surface area contributed by atoms with E-state index < -0.39 is 11.3 Å². The minimum atomic E-state index is -0.848. The average molecular weight is 429 g/mol. The second-order valence-electron chi connectivity index (χ2n) is 9.40. The number of carbonyl (C=O) groups is 2. The summed E-state index contributed by atoms with van der Waals surface area (Å²) in [6, 6.07) is 15.6. The fourth-order valence-corrected chi connectivity index (χ4v) is 5.67. The molecule has 2 aromatic rings. The van der Waals surface area contributed by atoms with Crippen molar-refractivity contribution in [1.82, 2.24) is 9.80 Å². The summed E-state index contributed by atoms with van der Waals surface area (Å²) in [6.07, 6.45) is 8.30. The van der Waals surface area contributed by atoms with Crippen molar-refractivity contribution in [2.75, 3.05) is 13.1 Å². The largest absolute Gasteiger partial charge is 0.339 e. The highest BCUT2D eigenvalue weighted by Crippen LogP contribution is 2.53. The number of nitrogens with zero attached hydrogens (tertiary/aromatic N) is 2. The van der Waals surface area contributed by atoms with Crippen molar-refractivity contribution in [3.05, 3.63) is 70.8 Å². The number of terminal acetylenes is 1. The van der Waals surface area contributed by atoms with E-state index in [-0.39, 0.29) is 17.9 Å². The van der Waals surface area contributed by atoms with Gasteiger partial charge in [0.2, 0.25) is 0 Å². The molecule has 3 heterocycles. The highest BCUT2D eigenvalue weighted by Gasteiger charge is 2.63. The normalized spacial score (nSPS) is 26.3. The molecule has 0 N–H and O–H groups in total. The van der Waals surface area contributed by atoms with Crippen molar-refractivity contribution in [2.24, 2.45) is 0 Å². The molecule has 2 amide bonds. The van der Waals surface area contributed by atoms with Crippen LogP contribution < -0.4 is 0 Å². The van der Waals surface area contributed by atoms with Gasteiger partial charge in [0.25, 0.3) is 11.8 Å². The third kappa shape index (κ3) is 3.13. The standard InChI is InChI=1S/C27H28N2O3/c1-4-20-9-5-6-11-22(20)24(30)28-16-14-27(15-17-28)25(31)29-23(12-13-26(29,3)32-27)21-10-7-8-19(2)18-21/h1,5-11,18,23H,12-17H2,2-3H3. The van der Waals surface area contributed by atoms with Crippen molar-refractivity contribution in [3.8, 4) is 12.3 Å². The topological polar surface area (TPSA) is 49.9 Å². The molecule has 5 rings (SSSR count). The number of amides is 2. The molecule has 2 atom stereocenters. The van der Waals surface area contributed by atoms with Gasteiger partial charge in [0, 0.05) is 31.5 Å².